The maximum absolute atomic E-state index is 11.7. The lowest BCUT2D eigenvalue weighted by Gasteiger charge is -2.28. The topological polar surface area (TPSA) is 148 Å². The van der Waals surface area contributed by atoms with Crippen LogP contribution in [0, 0.1) is 5.41 Å². The molecule has 0 radical (unpaired) electrons. The molecule has 0 heterocycles. The van der Waals surface area contributed by atoms with Gasteiger partial charge in [0.1, 0.15) is 37.1 Å². The van der Waals surface area contributed by atoms with Gasteiger partial charge in [-0.15, -0.1) is 5.73 Å². The van der Waals surface area contributed by atoms with E-state index >= 15 is 0 Å². The van der Waals surface area contributed by atoms with Crippen molar-refractivity contribution in [3.63, 3.8) is 0 Å². The van der Waals surface area contributed by atoms with E-state index in [2.05, 4.69) is 5.73 Å². The predicted octanol–water partition coefficient (Wildman–Crippen LogP) is -1.14. The second-order valence-electron chi connectivity index (χ2n) is 7.08. The van der Waals surface area contributed by atoms with Crippen molar-refractivity contribution in [3.8, 4) is 0 Å². The van der Waals surface area contributed by atoms with Crippen molar-refractivity contribution in [1.29, 1.82) is 0 Å². The lowest BCUT2D eigenvalue weighted by atomic mass is 9.96. The van der Waals surface area contributed by atoms with Crippen molar-refractivity contribution in [2.24, 2.45) is 5.41 Å². The second-order valence-corrected chi connectivity index (χ2v) is 7.08. The number of hydrogen-bond donors (Lipinski definition) is 6. The minimum atomic E-state index is -1.92. The van der Waals surface area contributed by atoms with E-state index in [0.717, 1.165) is 0 Å². The van der Waals surface area contributed by atoms with Crippen LogP contribution in [-0.4, -0.2) is 80.3 Å². The van der Waals surface area contributed by atoms with Crippen LogP contribution in [0.5, 0.6) is 0 Å². The molecule has 6 N–H and O–H groups in total. The van der Waals surface area contributed by atoms with Crippen LogP contribution in [-0.2, 0) is 9.53 Å². The fourth-order valence-electron chi connectivity index (χ4n) is 1.70. The molecule has 0 saturated carbocycles. The average molecular weight is 362 g/mol. The van der Waals surface area contributed by atoms with Crippen molar-refractivity contribution in [2.45, 2.75) is 64.6 Å². The van der Waals surface area contributed by atoms with Crippen LogP contribution in [0.1, 0.15) is 34.1 Å². The summed E-state index contributed by atoms with van der Waals surface area (Å²) < 4.78 is 4.82. The SMILES string of the molecule is CC(=C=CC(C)(C)C)CC(=O)OC[C@@H](O)[C@@H](O)[C@H](O)[C@H](O)[C@H](O)CO. The number of aliphatic hydroxyl groups excluding tert-OH is 6. The van der Waals surface area contributed by atoms with Crippen molar-refractivity contribution >= 4 is 5.97 Å². The molecule has 8 nitrogen and oxygen atoms in total. The highest BCUT2D eigenvalue weighted by atomic mass is 16.5. The summed E-state index contributed by atoms with van der Waals surface area (Å²) in [4.78, 5) is 11.7. The van der Waals surface area contributed by atoms with Gasteiger partial charge in [0.15, 0.2) is 0 Å². The zero-order chi connectivity index (χ0) is 19.8. The molecule has 0 aromatic carbocycles. The number of carbonyl (C=O) groups excluding carboxylic acids is 1. The lowest BCUT2D eigenvalue weighted by Crippen LogP contribution is -2.51. The van der Waals surface area contributed by atoms with Gasteiger partial charge in [0.05, 0.1) is 13.0 Å². The molecule has 0 saturated heterocycles. The van der Waals surface area contributed by atoms with Crippen LogP contribution in [0.4, 0.5) is 0 Å². The summed E-state index contributed by atoms with van der Waals surface area (Å²) >= 11 is 0. The Morgan fingerprint density at radius 3 is 2.04 bits per heavy atom. The first-order valence-corrected chi connectivity index (χ1v) is 7.99. The Labute approximate surface area is 147 Å². The molecule has 0 aliphatic rings. The Bertz CT molecular complexity index is 476. The molecule has 5 atom stereocenters. The first-order valence-electron chi connectivity index (χ1n) is 7.99. The van der Waals surface area contributed by atoms with Crippen LogP contribution in [0.25, 0.3) is 0 Å². The first kappa shape index (κ1) is 23.8. The molecule has 0 rings (SSSR count). The first-order chi connectivity index (χ1) is 11.4. The Balaban J connectivity index is 4.51. The molecule has 0 aliphatic heterocycles. The van der Waals surface area contributed by atoms with Crippen LogP contribution in [0.2, 0.25) is 0 Å². The van der Waals surface area contributed by atoms with Crippen LogP contribution >= 0.6 is 0 Å². The van der Waals surface area contributed by atoms with Gasteiger partial charge < -0.3 is 35.4 Å². The molecule has 0 amide bonds. The molecule has 8 heteroatoms. The van der Waals surface area contributed by atoms with Gasteiger partial charge in [-0.2, -0.15) is 0 Å². The van der Waals surface area contributed by atoms with Gasteiger partial charge in [-0.3, -0.25) is 4.79 Å². The van der Waals surface area contributed by atoms with E-state index in [4.69, 9.17) is 9.84 Å². The summed E-state index contributed by atoms with van der Waals surface area (Å²) in [5.41, 5.74) is 3.52. The number of esters is 1. The number of hydrogen-bond acceptors (Lipinski definition) is 8. The minimum Gasteiger partial charge on any atom is -0.463 e. The third-order valence-electron chi connectivity index (χ3n) is 3.25. The molecule has 146 valence electrons. The van der Waals surface area contributed by atoms with Gasteiger partial charge in [-0.05, 0) is 24.0 Å². The van der Waals surface area contributed by atoms with Gasteiger partial charge in [-0.1, -0.05) is 20.8 Å². The van der Waals surface area contributed by atoms with E-state index in [-0.39, 0.29) is 11.8 Å². The molecule has 0 aromatic rings. The zero-order valence-electron chi connectivity index (χ0n) is 15.1. The molecule has 0 spiro atoms. The lowest BCUT2D eigenvalue weighted by molar-refractivity contribution is -0.161. The smallest absolute Gasteiger partial charge is 0.310 e. The van der Waals surface area contributed by atoms with Gasteiger partial charge in [0.2, 0.25) is 0 Å². The van der Waals surface area contributed by atoms with Crippen LogP contribution < -0.4 is 0 Å². The van der Waals surface area contributed by atoms with Crippen molar-refractivity contribution in [1.82, 2.24) is 0 Å². The third kappa shape index (κ3) is 9.72. The molecule has 25 heavy (non-hydrogen) atoms. The fraction of sp³-hybridized carbons (Fsp3) is 0.765. The van der Waals surface area contributed by atoms with Crippen molar-refractivity contribution in [3.05, 3.63) is 17.4 Å². The molecule has 0 aliphatic carbocycles. The summed E-state index contributed by atoms with van der Waals surface area (Å²) in [7, 11) is 0. The zero-order valence-corrected chi connectivity index (χ0v) is 15.1. The number of ether oxygens (including phenoxy) is 1. The third-order valence-corrected chi connectivity index (χ3v) is 3.25. The standard InChI is InChI=1S/C17H30O8/c1-10(5-6-17(2,3)4)7-13(21)25-9-12(20)15(23)16(24)14(22)11(19)8-18/h6,11-12,14-16,18-20,22-24H,7-9H2,1-4H3/t5?,11-,12-,14-,15-,16-/m1/s1. The van der Waals surface area contributed by atoms with Crippen LogP contribution in [0.15, 0.2) is 17.4 Å². The molecule has 0 fully saturated rings. The quantitative estimate of drug-likeness (QED) is 0.223. The van der Waals surface area contributed by atoms with Gasteiger partial charge in [0.25, 0.3) is 0 Å². The van der Waals surface area contributed by atoms with E-state index < -0.39 is 49.7 Å². The molecular formula is C17H30O8. The summed E-state index contributed by atoms with van der Waals surface area (Å²) in [6, 6.07) is 0. The summed E-state index contributed by atoms with van der Waals surface area (Å²) in [6.45, 7) is 6.22. The second kappa shape index (κ2) is 10.7. The normalized spacial score (nSPS) is 17.7. The monoisotopic (exact) mass is 362 g/mol. The highest BCUT2D eigenvalue weighted by Crippen LogP contribution is 2.14. The fourth-order valence-corrected chi connectivity index (χ4v) is 1.70. The predicted molar refractivity (Wildman–Crippen MR) is 89.4 cm³/mol. The van der Waals surface area contributed by atoms with E-state index in [1.807, 2.05) is 26.8 Å². The summed E-state index contributed by atoms with van der Waals surface area (Å²) in [6.07, 6.45) is -7.25. The Kier molecular flexibility index (Phi) is 10.1. The molecule has 0 unspecified atom stereocenters. The minimum absolute atomic E-state index is 0.0518. The maximum atomic E-state index is 11.7. The molecule has 0 aromatic heterocycles. The number of rotatable bonds is 9. The highest BCUT2D eigenvalue weighted by molar-refractivity contribution is 5.72. The Morgan fingerprint density at radius 1 is 1.04 bits per heavy atom. The van der Waals surface area contributed by atoms with Crippen LogP contribution in [0.3, 0.4) is 0 Å². The van der Waals surface area contributed by atoms with E-state index in [0.29, 0.717) is 5.57 Å². The molecular weight excluding hydrogens is 332 g/mol. The van der Waals surface area contributed by atoms with Gasteiger partial charge >= 0.3 is 5.97 Å². The summed E-state index contributed by atoms with van der Waals surface area (Å²) in [5, 5.41) is 56.4. The highest BCUT2D eigenvalue weighted by Gasteiger charge is 2.34. The average Bonchev–Trinajstić information content (AvgIpc) is 2.54. The van der Waals surface area contributed by atoms with E-state index in [9.17, 15) is 30.3 Å². The van der Waals surface area contributed by atoms with E-state index in [1.165, 1.54) is 0 Å². The van der Waals surface area contributed by atoms with Crippen molar-refractivity contribution < 1.29 is 40.2 Å². The number of aliphatic hydroxyl groups is 6. The maximum Gasteiger partial charge on any atom is 0.310 e. The van der Waals surface area contributed by atoms with Crippen molar-refractivity contribution in [2.75, 3.05) is 13.2 Å². The Morgan fingerprint density at radius 2 is 1.56 bits per heavy atom. The number of carbonyl (C=O) groups is 1. The summed E-state index contributed by atoms with van der Waals surface area (Å²) in [5.74, 6) is -0.649. The Hall–Kier alpha value is -1.25. The van der Waals surface area contributed by atoms with E-state index in [1.54, 1.807) is 6.92 Å². The molecule has 0 bridgehead atoms. The van der Waals surface area contributed by atoms with Gasteiger partial charge in [0, 0.05) is 0 Å². The largest absolute Gasteiger partial charge is 0.463 e. The van der Waals surface area contributed by atoms with Gasteiger partial charge in [-0.25, -0.2) is 0 Å².